The van der Waals surface area contributed by atoms with E-state index in [1.807, 2.05) is 26.0 Å². The number of rotatable bonds is 5. The first-order valence-electron chi connectivity index (χ1n) is 8.30. The Balaban J connectivity index is 2.44. The Kier molecular flexibility index (Phi) is 5.73. The monoisotopic (exact) mass is 353 g/mol. The van der Waals surface area contributed by atoms with Gasteiger partial charge in [-0.25, -0.2) is 4.79 Å². The van der Waals surface area contributed by atoms with E-state index in [-0.39, 0.29) is 12.2 Å². The molecule has 1 atom stereocenters. The highest BCUT2D eigenvalue weighted by molar-refractivity contribution is 5.94. The van der Waals surface area contributed by atoms with E-state index in [9.17, 15) is 14.7 Å². The first kappa shape index (κ1) is 19.5. The molecule has 1 aromatic heterocycles. The highest BCUT2D eigenvalue weighted by Gasteiger charge is 2.47. The largest absolute Gasteiger partial charge is 0.478 e. The first-order valence-corrected chi connectivity index (χ1v) is 8.30. The van der Waals surface area contributed by atoms with E-state index in [1.54, 1.807) is 43.6 Å². The number of aromatic nitrogens is 1. The van der Waals surface area contributed by atoms with Crippen LogP contribution in [-0.2, 0) is 9.59 Å². The molecule has 0 amide bonds. The van der Waals surface area contributed by atoms with Crippen molar-refractivity contribution in [1.29, 1.82) is 0 Å². The smallest absolute Gasteiger partial charge is 0.328 e. The third-order valence-corrected chi connectivity index (χ3v) is 4.50. The van der Waals surface area contributed by atoms with Crippen LogP contribution in [0, 0.1) is 5.41 Å². The number of allylic oxidation sites excluding steroid dienone is 3. The summed E-state index contributed by atoms with van der Waals surface area (Å²) >= 11 is 0. The number of pyridine rings is 1. The van der Waals surface area contributed by atoms with Gasteiger partial charge in [-0.15, -0.1) is 0 Å². The van der Waals surface area contributed by atoms with Crippen LogP contribution in [0.15, 0.2) is 66.1 Å². The zero-order chi connectivity index (χ0) is 19.4. The van der Waals surface area contributed by atoms with Crippen molar-refractivity contribution in [2.75, 3.05) is 0 Å². The van der Waals surface area contributed by atoms with Crippen LogP contribution < -0.4 is 0 Å². The fraction of sp³-hybridized carbons (Fsp3) is 0.286. The van der Waals surface area contributed by atoms with Gasteiger partial charge in [0, 0.05) is 30.3 Å². The van der Waals surface area contributed by atoms with Crippen LogP contribution in [0.3, 0.4) is 0 Å². The van der Waals surface area contributed by atoms with Gasteiger partial charge in [0.25, 0.3) is 0 Å². The summed E-state index contributed by atoms with van der Waals surface area (Å²) in [6, 6.07) is 3.64. The summed E-state index contributed by atoms with van der Waals surface area (Å²) in [6.07, 6.45) is 12.7. The number of nitrogens with zero attached hydrogens (tertiary/aromatic N) is 1. The van der Waals surface area contributed by atoms with Crippen LogP contribution in [0.2, 0.25) is 0 Å². The maximum Gasteiger partial charge on any atom is 0.328 e. The van der Waals surface area contributed by atoms with Crippen LogP contribution >= 0.6 is 0 Å². The van der Waals surface area contributed by atoms with Gasteiger partial charge in [-0.05, 0) is 47.9 Å². The van der Waals surface area contributed by atoms with Gasteiger partial charge < -0.3 is 10.2 Å². The second-order valence-electron chi connectivity index (χ2n) is 7.07. The molecule has 0 unspecified atom stereocenters. The van der Waals surface area contributed by atoms with E-state index < -0.39 is 17.0 Å². The molecule has 0 spiro atoms. The number of aliphatic hydroxyl groups is 1. The molecule has 1 heterocycles. The van der Waals surface area contributed by atoms with Crippen molar-refractivity contribution in [3.05, 3.63) is 71.6 Å². The number of carboxylic acid groups (broad SMARTS) is 1. The van der Waals surface area contributed by atoms with Crippen molar-refractivity contribution in [1.82, 2.24) is 4.98 Å². The normalized spacial score (nSPS) is 23.5. The van der Waals surface area contributed by atoms with Crippen LogP contribution in [0.4, 0.5) is 0 Å². The van der Waals surface area contributed by atoms with Crippen molar-refractivity contribution in [3.63, 3.8) is 0 Å². The van der Waals surface area contributed by atoms with Gasteiger partial charge in [-0.2, -0.15) is 0 Å². The lowest BCUT2D eigenvalue weighted by Gasteiger charge is -2.44. The van der Waals surface area contributed by atoms with E-state index in [2.05, 4.69) is 4.98 Å². The summed E-state index contributed by atoms with van der Waals surface area (Å²) in [6.45, 7) is 5.28. The molecular weight excluding hydrogens is 330 g/mol. The Bertz CT molecular complexity index is 816. The third kappa shape index (κ3) is 4.43. The Morgan fingerprint density at radius 1 is 1.23 bits per heavy atom. The van der Waals surface area contributed by atoms with Gasteiger partial charge in [-0.1, -0.05) is 32.1 Å². The molecule has 1 aromatic rings. The molecular formula is C21H23NO4. The number of carbonyl (C=O) groups excluding carboxylic acids is 1. The summed E-state index contributed by atoms with van der Waals surface area (Å²) in [5.41, 5.74) is -0.287. The fourth-order valence-electron chi connectivity index (χ4n) is 2.95. The number of hydrogen-bond donors (Lipinski definition) is 2. The molecule has 1 aliphatic carbocycles. The summed E-state index contributed by atoms with van der Waals surface area (Å²) in [7, 11) is 0. The van der Waals surface area contributed by atoms with E-state index in [0.29, 0.717) is 11.1 Å². The molecule has 136 valence electrons. The minimum absolute atomic E-state index is 0.0553. The maximum atomic E-state index is 12.1. The number of aliphatic carboxylic acids is 1. The van der Waals surface area contributed by atoms with Gasteiger partial charge in [-0.3, -0.25) is 9.78 Å². The summed E-state index contributed by atoms with van der Waals surface area (Å²) < 4.78 is 0. The van der Waals surface area contributed by atoms with Gasteiger partial charge >= 0.3 is 5.97 Å². The van der Waals surface area contributed by atoms with Gasteiger partial charge in [0.15, 0.2) is 5.78 Å². The molecule has 2 rings (SSSR count). The highest BCUT2D eigenvalue weighted by Crippen LogP contribution is 2.45. The summed E-state index contributed by atoms with van der Waals surface area (Å²) in [4.78, 5) is 26.9. The number of carbonyl (C=O) groups is 2. The molecule has 2 N–H and O–H groups in total. The van der Waals surface area contributed by atoms with Crippen molar-refractivity contribution >= 4 is 17.8 Å². The van der Waals surface area contributed by atoms with Gasteiger partial charge in [0.1, 0.15) is 5.60 Å². The van der Waals surface area contributed by atoms with Crippen LogP contribution in [0.5, 0.6) is 0 Å². The topological polar surface area (TPSA) is 87.5 Å². The molecule has 1 aliphatic rings. The van der Waals surface area contributed by atoms with Gasteiger partial charge in [0.05, 0.1) is 0 Å². The van der Waals surface area contributed by atoms with Crippen LogP contribution in [0.1, 0.15) is 32.8 Å². The third-order valence-electron chi connectivity index (χ3n) is 4.50. The SMILES string of the molecule is CC(=C/C(=O)O)/C=C/[C@@]1(O)C(/C=C/c2ccncc2)=CC(=O)CC1(C)C. The lowest BCUT2D eigenvalue weighted by atomic mass is 9.64. The van der Waals surface area contributed by atoms with E-state index >= 15 is 0 Å². The minimum atomic E-state index is -1.40. The summed E-state index contributed by atoms with van der Waals surface area (Å²) in [5, 5.41) is 20.2. The highest BCUT2D eigenvalue weighted by atomic mass is 16.4. The first-order chi connectivity index (χ1) is 12.1. The Morgan fingerprint density at radius 3 is 2.50 bits per heavy atom. The molecule has 0 saturated heterocycles. The van der Waals surface area contributed by atoms with Crippen molar-refractivity contribution in [3.8, 4) is 0 Å². The number of carboxylic acids is 1. The van der Waals surface area contributed by atoms with Crippen LogP contribution in [0.25, 0.3) is 6.08 Å². The predicted octanol–water partition coefficient (Wildman–Crippen LogP) is 3.34. The average Bonchev–Trinajstić information content (AvgIpc) is 2.55. The minimum Gasteiger partial charge on any atom is -0.478 e. The number of hydrogen-bond acceptors (Lipinski definition) is 4. The lowest BCUT2D eigenvalue weighted by Crippen LogP contribution is -2.48. The fourth-order valence-corrected chi connectivity index (χ4v) is 2.95. The predicted molar refractivity (Wildman–Crippen MR) is 100 cm³/mol. The molecule has 0 radical (unpaired) electrons. The number of ketones is 1. The van der Waals surface area contributed by atoms with Crippen molar-refractivity contribution in [2.45, 2.75) is 32.8 Å². The van der Waals surface area contributed by atoms with Crippen molar-refractivity contribution < 1.29 is 19.8 Å². The molecule has 0 aliphatic heterocycles. The zero-order valence-electron chi connectivity index (χ0n) is 15.1. The molecule has 5 nitrogen and oxygen atoms in total. The quantitative estimate of drug-likeness (QED) is 0.626. The standard InChI is InChI=1S/C21H23NO4/c1-15(12-19(24)25)6-9-21(26)17(13-18(23)14-20(21,2)3)5-4-16-7-10-22-11-8-16/h4-13,26H,14H2,1-3H3,(H,24,25)/b5-4+,9-6+,15-12-/t21-/m1/s1. The van der Waals surface area contributed by atoms with Crippen molar-refractivity contribution in [2.24, 2.45) is 5.41 Å². The maximum absolute atomic E-state index is 12.1. The molecule has 0 aromatic carbocycles. The van der Waals surface area contributed by atoms with E-state index in [4.69, 9.17) is 5.11 Å². The Hall–Kier alpha value is -2.79. The molecule has 5 heteroatoms. The Labute approximate surface area is 153 Å². The lowest BCUT2D eigenvalue weighted by molar-refractivity contribution is -0.131. The average molecular weight is 353 g/mol. The molecule has 0 saturated carbocycles. The molecule has 0 fully saturated rings. The molecule has 26 heavy (non-hydrogen) atoms. The second-order valence-corrected chi connectivity index (χ2v) is 7.07. The van der Waals surface area contributed by atoms with E-state index in [0.717, 1.165) is 11.6 Å². The van der Waals surface area contributed by atoms with Gasteiger partial charge in [0.2, 0.25) is 0 Å². The Morgan fingerprint density at radius 2 is 1.88 bits per heavy atom. The molecule has 0 bridgehead atoms. The van der Waals surface area contributed by atoms with Crippen LogP contribution in [-0.4, -0.2) is 32.6 Å². The van der Waals surface area contributed by atoms with E-state index in [1.165, 1.54) is 6.08 Å². The second kappa shape index (κ2) is 7.62. The summed E-state index contributed by atoms with van der Waals surface area (Å²) in [5.74, 6) is -1.11. The zero-order valence-corrected chi connectivity index (χ0v) is 15.1.